The third kappa shape index (κ3) is 4.09. The van der Waals surface area contributed by atoms with Crippen LogP contribution in [0.25, 0.3) is 0 Å². The molecule has 0 radical (unpaired) electrons. The van der Waals surface area contributed by atoms with Gasteiger partial charge in [-0.15, -0.1) is 11.3 Å². The van der Waals surface area contributed by atoms with Crippen molar-refractivity contribution in [3.05, 3.63) is 51.2 Å². The van der Waals surface area contributed by atoms with Gasteiger partial charge in [0.15, 0.2) is 0 Å². The van der Waals surface area contributed by atoms with Gasteiger partial charge >= 0.3 is 5.97 Å². The molecule has 4 nitrogen and oxygen atoms in total. The van der Waals surface area contributed by atoms with Gasteiger partial charge < -0.3 is 9.47 Å². The molecule has 1 aromatic carbocycles. The normalized spacial score (nSPS) is 10.0. The molecule has 2 aromatic rings. The summed E-state index contributed by atoms with van der Waals surface area (Å²) in [6, 6.07) is 10.7. The molecule has 0 N–H and O–H groups in total. The number of nitriles is 1. The van der Waals surface area contributed by atoms with Gasteiger partial charge in [0.05, 0.1) is 11.6 Å². The minimum absolute atomic E-state index is 0.192. The van der Waals surface area contributed by atoms with Gasteiger partial charge in [0.2, 0.25) is 0 Å². The topological polar surface area (TPSA) is 59.3 Å². The van der Waals surface area contributed by atoms with Crippen molar-refractivity contribution in [2.75, 3.05) is 13.2 Å². The van der Waals surface area contributed by atoms with E-state index in [0.717, 1.165) is 11.3 Å². The summed E-state index contributed by atoms with van der Waals surface area (Å²) in [6.07, 6.45) is 0.914. The van der Waals surface area contributed by atoms with Crippen LogP contribution in [0.3, 0.4) is 0 Å². The van der Waals surface area contributed by atoms with E-state index in [-0.39, 0.29) is 19.2 Å². The van der Waals surface area contributed by atoms with Gasteiger partial charge in [-0.25, -0.2) is 4.79 Å². The second-order valence-electron chi connectivity index (χ2n) is 4.67. The van der Waals surface area contributed by atoms with Gasteiger partial charge in [-0.3, -0.25) is 0 Å². The fraction of sp³-hybridized carbons (Fsp3) is 0.294. The number of benzene rings is 1. The average Bonchev–Trinajstić information content (AvgIpc) is 2.93. The van der Waals surface area contributed by atoms with E-state index in [1.54, 1.807) is 24.3 Å². The number of ether oxygens (including phenoxy) is 2. The maximum absolute atomic E-state index is 11.9. The number of carbonyl (C=O) groups excluding carboxylic acids is 1. The molecule has 22 heavy (non-hydrogen) atoms. The lowest BCUT2D eigenvalue weighted by Crippen LogP contribution is -2.11. The summed E-state index contributed by atoms with van der Waals surface area (Å²) in [6.45, 7) is 4.55. The Kier molecular flexibility index (Phi) is 5.56. The summed E-state index contributed by atoms with van der Waals surface area (Å²) in [4.78, 5) is 13.7. The van der Waals surface area contributed by atoms with E-state index in [1.165, 1.54) is 16.9 Å². The molecule has 5 heteroatoms. The zero-order valence-electron chi connectivity index (χ0n) is 12.6. The molecular weight excluding hydrogens is 298 g/mol. The highest BCUT2D eigenvalue weighted by molar-refractivity contribution is 7.14. The van der Waals surface area contributed by atoms with Gasteiger partial charge in [0.25, 0.3) is 0 Å². The SMILES string of the molecule is CCc1cc(C(=O)OCCOc2ccc(C#N)cc2)sc1C. The largest absolute Gasteiger partial charge is 0.490 e. The van der Waals surface area contributed by atoms with Crippen molar-refractivity contribution in [1.29, 1.82) is 5.26 Å². The Labute approximate surface area is 133 Å². The van der Waals surface area contributed by atoms with Crippen LogP contribution in [0.4, 0.5) is 0 Å². The number of hydrogen-bond donors (Lipinski definition) is 0. The van der Waals surface area contributed by atoms with Crippen LogP contribution in [-0.2, 0) is 11.2 Å². The van der Waals surface area contributed by atoms with Gasteiger partial charge in [0, 0.05) is 4.88 Å². The summed E-state index contributed by atoms with van der Waals surface area (Å²) in [7, 11) is 0. The second-order valence-corrected chi connectivity index (χ2v) is 5.92. The van der Waals surface area contributed by atoms with Crippen LogP contribution in [0.1, 0.15) is 32.6 Å². The first kappa shape index (κ1) is 16.1. The van der Waals surface area contributed by atoms with Crippen molar-refractivity contribution in [1.82, 2.24) is 0 Å². The Hall–Kier alpha value is -2.32. The van der Waals surface area contributed by atoms with Crippen LogP contribution in [0.2, 0.25) is 0 Å². The van der Waals surface area contributed by atoms with Crippen LogP contribution in [0, 0.1) is 18.3 Å². The molecule has 0 saturated carbocycles. The van der Waals surface area contributed by atoms with Crippen LogP contribution in [-0.4, -0.2) is 19.2 Å². The highest BCUT2D eigenvalue weighted by atomic mass is 32.1. The average molecular weight is 315 g/mol. The minimum atomic E-state index is -0.309. The molecular formula is C17H17NO3S. The molecule has 0 saturated heterocycles. The summed E-state index contributed by atoms with van der Waals surface area (Å²) >= 11 is 1.46. The van der Waals surface area contributed by atoms with Crippen molar-refractivity contribution >= 4 is 17.3 Å². The molecule has 114 valence electrons. The molecule has 0 fully saturated rings. The number of esters is 1. The number of thiophene rings is 1. The van der Waals surface area contributed by atoms with Crippen molar-refractivity contribution in [2.24, 2.45) is 0 Å². The zero-order chi connectivity index (χ0) is 15.9. The smallest absolute Gasteiger partial charge is 0.348 e. The Morgan fingerprint density at radius 2 is 2.00 bits per heavy atom. The lowest BCUT2D eigenvalue weighted by Gasteiger charge is -2.06. The molecule has 1 aromatic heterocycles. The Bertz CT molecular complexity index is 683. The van der Waals surface area contributed by atoms with E-state index in [0.29, 0.717) is 16.2 Å². The van der Waals surface area contributed by atoms with E-state index in [9.17, 15) is 4.79 Å². The lowest BCUT2D eigenvalue weighted by molar-refractivity contribution is 0.0456. The van der Waals surface area contributed by atoms with E-state index in [1.807, 2.05) is 19.1 Å². The Morgan fingerprint density at radius 3 is 2.59 bits per heavy atom. The number of hydrogen-bond acceptors (Lipinski definition) is 5. The van der Waals surface area contributed by atoms with Crippen molar-refractivity contribution < 1.29 is 14.3 Å². The fourth-order valence-corrected chi connectivity index (χ4v) is 2.97. The molecule has 0 unspecified atom stereocenters. The first-order valence-corrected chi connectivity index (χ1v) is 7.85. The van der Waals surface area contributed by atoms with E-state index in [4.69, 9.17) is 14.7 Å². The minimum Gasteiger partial charge on any atom is -0.490 e. The van der Waals surface area contributed by atoms with Gasteiger partial charge in [0.1, 0.15) is 23.8 Å². The maximum Gasteiger partial charge on any atom is 0.348 e. The third-order valence-electron chi connectivity index (χ3n) is 3.17. The number of rotatable bonds is 6. The molecule has 1 heterocycles. The van der Waals surface area contributed by atoms with Crippen molar-refractivity contribution in [3.8, 4) is 11.8 Å². The molecule has 0 aliphatic rings. The van der Waals surface area contributed by atoms with Crippen molar-refractivity contribution in [3.63, 3.8) is 0 Å². The van der Waals surface area contributed by atoms with E-state index < -0.39 is 0 Å². The summed E-state index contributed by atoms with van der Waals surface area (Å²) in [5.74, 6) is 0.339. The highest BCUT2D eigenvalue weighted by Gasteiger charge is 2.12. The molecule has 2 rings (SSSR count). The lowest BCUT2D eigenvalue weighted by atomic mass is 10.2. The van der Waals surface area contributed by atoms with Crippen LogP contribution < -0.4 is 4.74 Å². The van der Waals surface area contributed by atoms with Gasteiger partial charge in [-0.05, 0) is 49.2 Å². The maximum atomic E-state index is 11.9. The molecule has 0 aliphatic carbocycles. The standard InChI is InChI=1S/C17H17NO3S/c1-3-14-10-16(22-12(14)2)17(19)21-9-8-20-15-6-4-13(11-18)5-7-15/h4-7,10H,3,8-9H2,1-2H3. The Morgan fingerprint density at radius 1 is 1.27 bits per heavy atom. The first-order chi connectivity index (χ1) is 10.6. The first-order valence-electron chi connectivity index (χ1n) is 7.03. The van der Waals surface area contributed by atoms with Crippen LogP contribution >= 0.6 is 11.3 Å². The number of aryl methyl sites for hydroxylation is 2. The quantitative estimate of drug-likeness (QED) is 0.602. The van der Waals surface area contributed by atoms with Gasteiger partial charge in [-0.2, -0.15) is 5.26 Å². The zero-order valence-corrected chi connectivity index (χ0v) is 13.4. The molecule has 0 bridgehead atoms. The highest BCUT2D eigenvalue weighted by Crippen LogP contribution is 2.22. The predicted octanol–water partition coefficient (Wildman–Crippen LogP) is 3.73. The number of nitrogens with zero attached hydrogens (tertiary/aromatic N) is 1. The summed E-state index contributed by atoms with van der Waals surface area (Å²) < 4.78 is 10.7. The second kappa shape index (κ2) is 7.62. The van der Waals surface area contributed by atoms with Crippen LogP contribution in [0.15, 0.2) is 30.3 Å². The molecule has 0 atom stereocenters. The van der Waals surface area contributed by atoms with E-state index >= 15 is 0 Å². The van der Waals surface area contributed by atoms with Crippen LogP contribution in [0.5, 0.6) is 5.75 Å². The van der Waals surface area contributed by atoms with Gasteiger partial charge in [-0.1, -0.05) is 6.92 Å². The summed E-state index contributed by atoms with van der Waals surface area (Å²) in [5, 5.41) is 8.70. The monoisotopic (exact) mass is 315 g/mol. The molecule has 0 amide bonds. The molecule has 0 aliphatic heterocycles. The molecule has 0 spiro atoms. The fourth-order valence-electron chi connectivity index (χ4n) is 1.96. The third-order valence-corrected chi connectivity index (χ3v) is 4.24. The van der Waals surface area contributed by atoms with Crippen molar-refractivity contribution in [2.45, 2.75) is 20.3 Å². The Balaban J connectivity index is 1.78. The summed E-state index contributed by atoms with van der Waals surface area (Å²) in [5.41, 5.74) is 1.77. The van der Waals surface area contributed by atoms with E-state index in [2.05, 4.69) is 6.92 Å². The predicted molar refractivity (Wildman–Crippen MR) is 85.4 cm³/mol. The number of carbonyl (C=O) groups is 1.